The van der Waals surface area contributed by atoms with E-state index in [1.807, 2.05) is 30.3 Å². The maximum Gasteiger partial charge on any atom is 0.201 e. The van der Waals surface area contributed by atoms with E-state index < -0.39 is 11.9 Å². The molecule has 0 saturated heterocycles. The zero-order valence-electron chi connectivity index (χ0n) is 16.7. The predicted octanol–water partition coefficient (Wildman–Crippen LogP) is 5.88. The predicted molar refractivity (Wildman–Crippen MR) is 105 cm³/mol. The van der Waals surface area contributed by atoms with Crippen LogP contribution in [0.1, 0.15) is 83.8 Å². The Balaban J connectivity index is 2.76. The Hall–Kier alpha value is -0.900. The number of rotatable bonds is 14. The van der Waals surface area contributed by atoms with Crippen molar-refractivity contribution < 1.29 is 14.6 Å². The normalized spacial score (nSPS) is 16.4. The van der Waals surface area contributed by atoms with Crippen LogP contribution >= 0.6 is 0 Å². The quantitative estimate of drug-likeness (QED) is 0.336. The molecule has 3 unspecified atom stereocenters. The van der Waals surface area contributed by atoms with Crippen molar-refractivity contribution in [2.75, 3.05) is 13.7 Å². The first-order chi connectivity index (χ1) is 12.1. The topological polar surface area (TPSA) is 38.7 Å². The average Bonchev–Trinajstić information content (AvgIpc) is 2.66. The van der Waals surface area contributed by atoms with Gasteiger partial charge in [-0.2, -0.15) is 0 Å². The molecular weight excluding hydrogens is 312 g/mol. The Morgan fingerprint density at radius 3 is 2.20 bits per heavy atom. The number of methoxy groups -OCH3 is 1. The van der Waals surface area contributed by atoms with Gasteiger partial charge in [0.15, 0.2) is 0 Å². The smallest absolute Gasteiger partial charge is 0.201 e. The van der Waals surface area contributed by atoms with Crippen LogP contribution in [0, 0.1) is 5.92 Å². The summed E-state index contributed by atoms with van der Waals surface area (Å²) in [5, 5.41) is 11.1. The molecule has 3 heteroatoms. The first-order valence-corrected chi connectivity index (χ1v) is 10.0. The lowest BCUT2D eigenvalue weighted by atomic mass is 9.86. The van der Waals surface area contributed by atoms with Gasteiger partial charge in [-0.3, -0.25) is 0 Å². The lowest BCUT2D eigenvalue weighted by molar-refractivity contribution is -0.301. The largest absolute Gasteiger partial charge is 0.383 e. The molecule has 1 aromatic rings. The van der Waals surface area contributed by atoms with Gasteiger partial charge in [0, 0.05) is 19.6 Å². The summed E-state index contributed by atoms with van der Waals surface area (Å²) >= 11 is 0. The van der Waals surface area contributed by atoms with Gasteiger partial charge in [0.2, 0.25) is 5.79 Å². The van der Waals surface area contributed by atoms with Gasteiger partial charge in [0.1, 0.15) is 6.10 Å². The van der Waals surface area contributed by atoms with E-state index in [1.165, 1.54) is 32.1 Å². The zero-order valence-corrected chi connectivity index (χ0v) is 16.7. The van der Waals surface area contributed by atoms with Crippen LogP contribution in [-0.4, -0.2) is 24.6 Å². The molecule has 0 bridgehead atoms. The van der Waals surface area contributed by atoms with Gasteiger partial charge in [0.05, 0.1) is 0 Å². The summed E-state index contributed by atoms with van der Waals surface area (Å²) in [7, 11) is 1.65. The third kappa shape index (κ3) is 6.73. The molecule has 1 rings (SSSR count). The first-order valence-electron chi connectivity index (χ1n) is 10.0. The number of aliphatic hydroxyl groups excluding tert-OH is 1. The van der Waals surface area contributed by atoms with Crippen LogP contribution in [0.3, 0.4) is 0 Å². The molecule has 0 amide bonds. The van der Waals surface area contributed by atoms with Crippen molar-refractivity contribution in [2.45, 2.75) is 84.0 Å². The van der Waals surface area contributed by atoms with Gasteiger partial charge in [-0.05, 0) is 18.4 Å². The highest BCUT2D eigenvalue weighted by atomic mass is 16.7. The van der Waals surface area contributed by atoms with E-state index in [2.05, 4.69) is 20.8 Å². The molecule has 0 spiro atoms. The summed E-state index contributed by atoms with van der Waals surface area (Å²) < 4.78 is 12.0. The Morgan fingerprint density at radius 1 is 0.960 bits per heavy atom. The summed E-state index contributed by atoms with van der Waals surface area (Å²) in [6.45, 7) is 7.04. The highest BCUT2D eigenvalue weighted by Gasteiger charge is 2.45. The van der Waals surface area contributed by atoms with Crippen molar-refractivity contribution in [3.05, 3.63) is 35.9 Å². The summed E-state index contributed by atoms with van der Waals surface area (Å²) in [6, 6.07) is 9.71. The van der Waals surface area contributed by atoms with Gasteiger partial charge in [-0.15, -0.1) is 0 Å². The van der Waals surface area contributed by atoms with Crippen molar-refractivity contribution in [1.82, 2.24) is 0 Å². The van der Waals surface area contributed by atoms with Crippen LogP contribution < -0.4 is 0 Å². The number of hydrogen-bond donors (Lipinski definition) is 1. The second-order valence-corrected chi connectivity index (χ2v) is 7.04. The summed E-state index contributed by atoms with van der Waals surface area (Å²) in [6.07, 6.45) is 8.69. The van der Waals surface area contributed by atoms with Crippen LogP contribution in [0.4, 0.5) is 0 Å². The van der Waals surface area contributed by atoms with Crippen molar-refractivity contribution in [1.29, 1.82) is 0 Å². The molecule has 25 heavy (non-hydrogen) atoms. The second kappa shape index (κ2) is 12.5. The molecule has 144 valence electrons. The minimum absolute atomic E-state index is 0.116. The van der Waals surface area contributed by atoms with E-state index in [-0.39, 0.29) is 5.92 Å². The number of ether oxygens (including phenoxy) is 2. The highest BCUT2D eigenvalue weighted by molar-refractivity contribution is 5.20. The SMILES string of the molecule is CCCCCCCCC(C)C(OC)(OCCC)C(O)c1ccccc1. The van der Waals surface area contributed by atoms with Gasteiger partial charge in [-0.25, -0.2) is 0 Å². The highest BCUT2D eigenvalue weighted by Crippen LogP contribution is 2.39. The Labute approximate surface area is 154 Å². The van der Waals surface area contributed by atoms with E-state index in [0.717, 1.165) is 24.8 Å². The van der Waals surface area contributed by atoms with E-state index in [1.54, 1.807) is 7.11 Å². The van der Waals surface area contributed by atoms with E-state index in [0.29, 0.717) is 6.61 Å². The van der Waals surface area contributed by atoms with Crippen LogP contribution in [0.2, 0.25) is 0 Å². The molecule has 3 nitrogen and oxygen atoms in total. The van der Waals surface area contributed by atoms with E-state index in [9.17, 15) is 5.11 Å². The average molecular weight is 351 g/mol. The fourth-order valence-electron chi connectivity index (χ4n) is 3.42. The lowest BCUT2D eigenvalue weighted by Gasteiger charge is -2.41. The van der Waals surface area contributed by atoms with Crippen molar-refractivity contribution in [3.63, 3.8) is 0 Å². The zero-order chi connectivity index (χ0) is 18.5. The van der Waals surface area contributed by atoms with Crippen molar-refractivity contribution in [2.24, 2.45) is 5.92 Å². The minimum atomic E-state index is -0.985. The van der Waals surface area contributed by atoms with Gasteiger partial charge >= 0.3 is 0 Å². The Kier molecular flexibility index (Phi) is 11.0. The number of hydrogen-bond acceptors (Lipinski definition) is 3. The van der Waals surface area contributed by atoms with Gasteiger partial charge < -0.3 is 14.6 Å². The monoisotopic (exact) mass is 350 g/mol. The molecule has 0 fully saturated rings. The van der Waals surface area contributed by atoms with Crippen LogP contribution in [0.25, 0.3) is 0 Å². The third-order valence-electron chi connectivity index (χ3n) is 5.02. The summed E-state index contributed by atoms with van der Waals surface area (Å²) in [5.74, 6) is -0.869. The number of aliphatic hydroxyl groups is 1. The third-order valence-corrected chi connectivity index (χ3v) is 5.02. The molecule has 0 saturated carbocycles. The standard InChI is InChI=1S/C22H38O3/c1-5-7-8-9-10-12-15-19(3)22(24-4,25-18-6-2)21(23)20-16-13-11-14-17-20/h11,13-14,16-17,19,21,23H,5-10,12,15,18H2,1-4H3. The summed E-state index contributed by atoms with van der Waals surface area (Å²) in [4.78, 5) is 0. The lowest BCUT2D eigenvalue weighted by Crippen LogP contribution is -2.47. The Morgan fingerprint density at radius 2 is 1.60 bits per heavy atom. The fourth-order valence-corrected chi connectivity index (χ4v) is 3.42. The van der Waals surface area contributed by atoms with Crippen molar-refractivity contribution in [3.8, 4) is 0 Å². The molecule has 0 aliphatic heterocycles. The molecule has 1 N–H and O–H groups in total. The summed E-state index contributed by atoms with van der Waals surface area (Å²) in [5.41, 5.74) is 0.843. The molecule has 3 atom stereocenters. The molecular formula is C22H38O3. The number of unbranched alkanes of at least 4 members (excludes halogenated alkanes) is 5. The van der Waals surface area contributed by atoms with Gasteiger partial charge in [0.25, 0.3) is 0 Å². The molecule has 1 aromatic carbocycles. The van der Waals surface area contributed by atoms with Crippen LogP contribution in [-0.2, 0) is 9.47 Å². The molecule has 0 aliphatic rings. The maximum absolute atomic E-state index is 11.1. The first kappa shape index (κ1) is 22.1. The maximum atomic E-state index is 11.1. The Bertz CT molecular complexity index is 434. The van der Waals surface area contributed by atoms with Crippen LogP contribution in [0.5, 0.6) is 0 Å². The van der Waals surface area contributed by atoms with Gasteiger partial charge in [-0.1, -0.05) is 89.6 Å². The molecule has 0 aliphatic carbocycles. The molecule has 0 aromatic heterocycles. The fraction of sp³-hybridized carbons (Fsp3) is 0.727. The second-order valence-electron chi connectivity index (χ2n) is 7.04. The van der Waals surface area contributed by atoms with E-state index >= 15 is 0 Å². The van der Waals surface area contributed by atoms with Crippen LogP contribution in [0.15, 0.2) is 30.3 Å². The van der Waals surface area contributed by atoms with E-state index in [4.69, 9.17) is 9.47 Å². The van der Waals surface area contributed by atoms with Crippen molar-refractivity contribution >= 4 is 0 Å². The minimum Gasteiger partial charge on any atom is -0.383 e. The number of benzene rings is 1. The molecule has 0 radical (unpaired) electrons. The molecule has 0 heterocycles.